The van der Waals surface area contributed by atoms with E-state index in [0.717, 1.165) is 19.6 Å². The lowest BCUT2D eigenvalue weighted by molar-refractivity contribution is -0.252. The fraction of sp³-hybridized carbons (Fsp3) is 0.529. The van der Waals surface area contributed by atoms with E-state index in [1.165, 1.54) is 5.56 Å². The molecule has 2 fully saturated rings. The van der Waals surface area contributed by atoms with E-state index >= 15 is 0 Å². The first-order valence-corrected chi connectivity index (χ1v) is 7.03. The van der Waals surface area contributed by atoms with Crippen molar-refractivity contribution in [3.63, 3.8) is 0 Å². The molecule has 1 heterocycles. The molecule has 1 saturated heterocycles. The molecule has 102 valence electrons. The van der Waals surface area contributed by atoms with Crippen LogP contribution in [0, 0.1) is 11.3 Å². The van der Waals surface area contributed by atoms with Crippen LogP contribution in [0.3, 0.4) is 0 Å². The fourth-order valence-corrected chi connectivity index (χ4v) is 3.11. The lowest BCUT2D eigenvalue weighted by Crippen LogP contribution is -2.41. The fourth-order valence-electron chi connectivity index (χ4n) is 3.11. The van der Waals surface area contributed by atoms with Crippen molar-refractivity contribution in [1.82, 2.24) is 0 Å². The smallest absolute Gasteiger partial charge is 0.179 e. The quantitative estimate of drug-likeness (QED) is 0.769. The Hall–Kier alpha value is -1.12. The summed E-state index contributed by atoms with van der Waals surface area (Å²) in [6.07, 6.45) is 2.92. The maximum atomic E-state index is 6.15. The monoisotopic (exact) mass is 258 g/mol. The van der Waals surface area contributed by atoms with Gasteiger partial charge in [-0.1, -0.05) is 50.3 Å². The summed E-state index contributed by atoms with van der Waals surface area (Å²) in [4.78, 5) is 0. The first-order valence-electron chi connectivity index (χ1n) is 7.03. The van der Waals surface area contributed by atoms with Crippen molar-refractivity contribution < 1.29 is 9.47 Å². The first kappa shape index (κ1) is 12.9. The Morgan fingerprint density at radius 2 is 1.84 bits per heavy atom. The minimum atomic E-state index is -0.398. The SMILES string of the molecule is C=CCC1[C@H](c2ccccc2)C12OCC(C)(C)CO2. The highest BCUT2D eigenvalue weighted by molar-refractivity contribution is 5.33. The van der Waals surface area contributed by atoms with E-state index in [2.05, 4.69) is 44.7 Å². The van der Waals surface area contributed by atoms with Crippen molar-refractivity contribution in [3.8, 4) is 0 Å². The molecule has 2 heteroatoms. The molecule has 0 bridgehead atoms. The Bertz CT molecular complexity index is 453. The molecule has 0 amide bonds. The molecule has 19 heavy (non-hydrogen) atoms. The zero-order valence-electron chi connectivity index (χ0n) is 11.8. The minimum Gasteiger partial charge on any atom is -0.348 e. The van der Waals surface area contributed by atoms with Gasteiger partial charge in [-0.05, 0) is 12.0 Å². The first-order chi connectivity index (χ1) is 9.09. The van der Waals surface area contributed by atoms with Crippen LogP contribution < -0.4 is 0 Å². The van der Waals surface area contributed by atoms with Gasteiger partial charge in [-0.2, -0.15) is 0 Å². The van der Waals surface area contributed by atoms with Crippen LogP contribution in [0.15, 0.2) is 43.0 Å². The molecule has 1 unspecified atom stereocenters. The number of hydrogen-bond donors (Lipinski definition) is 0. The summed E-state index contributed by atoms with van der Waals surface area (Å²) < 4.78 is 12.3. The second kappa shape index (κ2) is 4.46. The van der Waals surface area contributed by atoms with E-state index in [1.54, 1.807) is 0 Å². The largest absolute Gasteiger partial charge is 0.348 e. The molecule has 1 saturated carbocycles. The van der Waals surface area contributed by atoms with Gasteiger partial charge in [0.05, 0.1) is 13.2 Å². The van der Waals surface area contributed by atoms with Crippen LogP contribution >= 0.6 is 0 Å². The standard InChI is InChI=1S/C17H22O2/c1-4-8-14-15(13-9-6-5-7-10-13)17(14)18-11-16(2,3)12-19-17/h4-7,9-10,14-15H,1,8,11-12H2,2-3H3/t14?,15-/m0/s1. The third-order valence-electron chi connectivity index (χ3n) is 4.20. The summed E-state index contributed by atoms with van der Waals surface area (Å²) in [6.45, 7) is 9.77. The van der Waals surface area contributed by atoms with Gasteiger partial charge in [-0.25, -0.2) is 0 Å². The Morgan fingerprint density at radius 1 is 1.21 bits per heavy atom. The Labute approximate surface area is 115 Å². The molecule has 2 aliphatic rings. The van der Waals surface area contributed by atoms with Gasteiger partial charge >= 0.3 is 0 Å². The molecule has 1 spiro atoms. The van der Waals surface area contributed by atoms with Gasteiger partial charge in [0, 0.05) is 17.3 Å². The van der Waals surface area contributed by atoms with Crippen molar-refractivity contribution in [1.29, 1.82) is 0 Å². The summed E-state index contributed by atoms with van der Waals surface area (Å²) >= 11 is 0. The van der Waals surface area contributed by atoms with Crippen LogP contribution in [-0.4, -0.2) is 19.0 Å². The molecular formula is C17H22O2. The molecule has 0 radical (unpaired) electrons. The average Bonchev–Trinajstić information content (AvgIpc) is 3.03. The second-order valence-corrected chi connectivity index (χ2v) is 6.48. The van der Waals surface area contributed by atoms with Gasteiger partial charge in [-0.3, -0.25) is 0 Å². The van der Waals surface area contributed by atoms with Crippen LogP contribution in [0.25, 0.3) is 0 Å². The summed E-state index contributed by atoms with van der Waals surface area (Å²) in [6, 6.07) is 10.6. The summed E-state index contributed by atoms with van der Waals surface area (Å²) in [7, 11) is 0. The maximum absolute atomic E-state index is 6.15. The lowest BCUT2D eigenvalue weighted by atomic mass is 9.95. The zero-order valence-corrected chi connectivity index (χ0v) is 11.8. The van der Waals surface area contributed by atoms with Crippen molar-refractivity contribution in [3.05, 3.63) is 48.6 Å². The van der Waals surface area contributed by atoms with Crippen molar-refractivity contribution >= 4 is 0 Å². The van der Waals surface area contributed by atoms with Gasteiger partial charge in [0.25, 0.3) is 0 Å². The zero-order chi connectivity index (χ0) is 13.5. The van der Waals surface area contributed by atoms with Gasteiger partial charge in [0.15, 0.2) is 5.79 Å². The number of rotatable bonds is 3. The van der Waals surface area contributed by atoms with E-state index < -0.39 is 5.79 Å². The van der Waals surface area contributed by atoms with Crippen LogP contribution in [0.1, 0.15) is 31.7 Å². The Balaban J connectivity index is 1.83. The molecule has 1 aromatic rings. The number of benzene rings is 1. The van der Waals surface area contributed by atoms with E-state index in [-0.39, 0.29) is 5.41 Å². The molecule has 3 rings (SSSR count). The van der Waals surface area contributed by atoms with Gasteiger partial charge in [-0.15, -0.1) is 6.58 Å². The van der Waals surface area contributed by atoms with Gasteiger partial charge in [0.1, 0.15) is 0 Å². The predicted octanol–water partition coefficient (Wildman–Crippen LogP) is 3.75. The highest BCUT2D eigenvalue weighted by atomic mass is 16.7. The molecule has 1 aliphatic heterocycles. The molecule has 1 aliphatic carbocycles. The molecule has 0 N–H and O–H groups in total. The minimum absolute atomic E-state index is 0.119. The molecule has 2 atom stereocenters. The van der Waals surface area contributed by atoms with E-state index in [0.29, 0.717) is 11.8 Å². The number of ether oxygens (including phenoxy) is 2. The predicted molar refractivity (Wildman–Crippen MR) is 75.9 cm³/mol. The maximum Gasteiger partial charge on any atom is 0.179 e. The lowest BCUT2D eigenvalue weighted by Gasteiger charge is -2.36. The average molecular weight is 258 g/mol. The van der Waals surface area contributed by atoms with Crippen molar-refractivity contribution in [2.24, 2.45) is 11.3 Å². The van der Waals surface area contributed by atoms with E-state index in [1.807, 2.05) is 12.1 Å². The summed E-state index contributed by atoms with van der Waals surface area (Å²) in [5.41, 5.74) is 1.43. The number of hydrogen-bond acceptors (Lipinski definition) is 2. The third-order valence-corrected chi connectivity index (χ3v) is 4.20. The van der Waals surface area contributed by atoms with E-state index in [4.69, 9.17) is 9.47 Å². The third kappa shape index (κ3) is 2.13. The summed E-state index contributed by atoms with van der Waals surface area (Å²) in [5, 5.41) is 0. The highest BCUT2D eigenvalue weighted by Gasteiger charge is 2.69. The molecular weight excluding hydrogens is 236 g/mol. The molecule has 0 aromatic heterocycles. The van der Waals surface area contributed by atoms with Gasteiger partial charge < -0.3 is 9.47 Å². The topological polar surface area (TPSA) is 18.5 Å². The van der Waals surface area contributed by atoms with Crippen LogP contribution in [0.4, 0.5) is 0 Å². The van der Waals surface area contributed by atoms with Crippen LogP contribution in [-0.2, 0) is 9.47 Å². The van der Waals surface area contributed by atoms with Crippen LogP contribution in [0.5, 0.6) is 0 Å². The van der Waals surface area contributed by atoms with Gasteiger partial charge in [0.2, 0.25) is 0 Å². The number of allylic oxidation sites excluding steroid dienone is 1. The summed E-state index contributed by atoms with van der Waals surface area (Å²) in [5.74, 6) is 0.358. The van der Waals surface area contributed by atoms with Crippen molar-refractivity contribution in [2.75, 3.05) is 13.2 Å². The van der Waals surface area contributed by atoms with E-state index in [9.17, 15) is 0 Å². The normalized spacial score (nSPS) is 31.1. The Morgan fingerprint density at radius 3 is 2.42 bits per heavy atom. The molecule has 1 aromatic carbocycles. The Kier molecular flexibility index (Phi) is 3.03. The van der Waals surface area contributed by atoms with Crippen LogP contribution in [0.2, 0.25) is 0 Å². The highest BCUT2D eigenvalue weighted by Crippen LogP contribution is 2.64. The molecule has 2 nitrogen and oxygen atoms in total. The second-order valence-electron chi connectivity index (χ2n) is 6.48. The van der Waals surface area contributed by atoms with Crippen molar-refractivity contribution in [2.45, 2.75) is 32.0 Å².